The van der Waals surface area contributed by atoms with E-state index in [1.165, 1.54) is 0 Å². The fourth-order valence-corrected chi connectivity index (χ4v) is 2.30. The van der Waals surface area contributed by atoms with Gasteiger partial charge in [-0.15, -0.1) is 11.6 Å². The summed E-state index contributed by atoms with van der Waals surface area (Å²) in [6.45, 7) is 9.25. The van der Waals surface area contributed by atoms with Gasteiger partial charge in [0.25, 0.3) is 0 Å². The Labute approximate surface area is 111 Å². The predicted molar refractivity (Wildman–Crippen MR) is 75.4 cm³/mol. The van der Waals surface area contributed by atoms with Gasteiger partial charge in [0.1, 0.15) is 0 Å². The van der Waals surface area contributed by atoms with Crippen LogP contribution in [0.1, 0.15) is 59.8 Å². The molecule has 3 heteroatoms. The zero-order chi connectivity index (χ0) is 13.3. The molecule has 0 fully saturated rings. The molecule has 0 aliphatic heterocycles. The minimum atomic E-state index is 0.0977. The molecule has 0 aliphatic carbocycles. The molecule has 0 aliphatic rings. The Morgan fingerprint density at radius 3 is 2.47 bits per heavy atom. The molecule has 0 rings (SSSR count). The maximum absolute atomic E-state index is 12.0. The second-order valence-electron chi connectivity index (χ2n) is 5.57. The number of hydrogen-bond acceptors (Lipinski definition) is 1. The number of rotatable bonds is 9. The summed E-state index contributed by atoms with van der Waals surface area (Å²) in [6.07, 6.45) is 5.16. The highest BCUT2D eigenvalue weighted by molar-refractivity contribution is 6.17. The van der Waals surface area contributed by atoms with Gasteiger partial charge in [-0.25, -0.2) is 0 Å². The van der Waals surface area contributed by atoms with E-state index in [0.29, 0.717) is 5.88 Å². The topological polar surface area (TPSA) is 29.1 Å². The molecule has 0 bridgehead atoms. The zero-order valence-corrected chi connectivity index (χ0v) is 12.6. The van der Waals surface area contributed by atoms with Crippen molar-refractivity contribution in [3.05, 3.63) is 0 Å². The highest BCUT2D eigenvalue weighted by Crippen LogP contribution is 2.20. The van der Waals surface area contributed by atoms with Crippen molar-refractivity contribution in [3.8, 4) is 0 Å². The van der Waals surface area contributed by atoms with Crippen molar-refractivity contribution in [2.24, 2.45) is 11.3 Å². The van der Waals surface area contributed by atoms with E-state index in [1.54, 1.807) is 0 Å². The van der Waals surface area contributed by atoms with Gasteiger partial charge in [-0.3, -0.25) is 4.79 Å². The lowest BCUT2D eigenvalue weighted by Crippen LogP contribution is -2.37. The largest absolute Gasteiger partial charge is 0.355 e. The second kappa shape index (κ2) is 8.79. The third-order valence-corrected chi connectivity index (χ3v) is 3.47. The number of carbonyl (C=O) groups excluding carboxylic acids is 1. The van der Waals surface area contributed by atoms with Gasteiger partial charge >= 0.3 is 0 Å². The molecule has 0 spiro atoms. The van der Waals surface area contributed by atoms with Crippen LogP contribution in [-0.2, 0) is 4.79 Å². The molecule has 0 aromatic rings. The minimum Gasteiger partial charge on any atom is -0.355 e. The van der Waals surface area contributed by atoms with Gasteiger partial charge in [0.05, 0.1) is 0 Å². The van der Waals surface area contributed by atoms with Crippen LogP contribution in [0.3, 0.4) is 0 Å². The van der Waals surface area contributed by atoms with Gasteiger partial charge in [0, 0.05) is 18.3 Å². The van der Waals surface area contributed by atoms with E-state index in [9.17, 15) is 4.79 Å². The Morgan fingerprint density at radius 2 is 2.00 bits per heavy atom. The summed E-state index contributed by atoms with van der Waals surface area (Å²) in [4.78, 5) is 12.0. The van der Waals surface area contributed by atoms with Gasteiger partial charge < -0.3 is 5.32 Å². The van der Waals surface area contributed by atoms with Crippen molar-refractivity contribution in [2.75, 3.05) is 12.4 Å². The smallest absolute Gasteiger partial charge is 0.223 e. The summed E-state index contributed by atoms with van der Waals surface area (Å²) in [6, 6.07) is 0. The van der Waals surface area contributed by atoms with Gasteiger partial charge in [-0.05, 0) is 24.7 Å². The first-order chi connectivity index (χ1) is 7.96. The number of unbranched alkanes of at least 4 members (excludes halogenated alkanes) is 1. The summed E-state index contributed by atoms with van der Waals surface area (Å²) >= 11 is 5.75. The Kier molecular flexibility index (Phi) is 8.67. The number of alkyl halides is 1. The molecule has 0 saturated heterocycles. The maximum atomic E-state index is 12.0. The van der Waals surface area contributed by atoms with E-state index in [0.717, 1.165) is 38.6 Å². The summed E-state index contributed by atoms with van der Waals surface area (Å²) in [5.74, 6) is 1.04. The van der Waals surface area contributed by atoms with Crippen LogP contribution in [0.2, 0.25) is 0 Å². The van der Waals surface area contributed by atoms with E-state index >= 15 is 0 Å². The van der Waals surface area contributed by atoms with Crippen LogP contribution in [0.15, 0.2) is 0 Å². The molecule has 1 unspecified atom stereocenters. The standard InChI is InChI=1S/C14H28ClNO/c1-5-7-8-12(6-2)13(17)16-11-14(3,4)9-10-15/h12H,5-11H2,1-4H3,(H,16,17). The molecular weight excluding hydrogens is 234 g/mol. The first-order valence-corrected chi connectivity index (χ1v) is 7.34. The van der Waals surface area contributed by atoms with Crippen molar-refractivity contribution < 1.29 is 4.79 Å². The van der Waals surface area contributed by atoms with E-state index < -0.39 is 0 Å². The van der Waals surface area contributed by atoms with Crippen molar-refractivity contribution in [2.45, 2.75) is 59.8 Å². The van der Waals surface area contributed by atoms with Gasteiger partial charge in [-0.2, -0.15) is 0 Å². The van der Waals surface area contributed by atoms with E-state index in [2.05, 4.69) is 33.0 Å². The molecule has 0 radical (unpaired) electrons. The summed E-state index contributed by atoms with van der Waals surface area (Å²) in [7, 11) is 0. The molecule has 1 atom stereocenters. The van der Waals surface area contributed by atoms with Gasteiger partial charge in [0.2, 0.25) is 5.91 Å². The molecular formula is C14H28ClNO. The highest BCUT2D eigenvalue weighted by atomic mass is 35.5. The van der Waals surface area contributed by atoms with Crippen LogP contribution < -0.4 is 5.32 Å². The van der Waals surface area contributed by atoms with Crippen LogP contribution in [0.25, 0.3) is 0 Å². The second-order valence-corrected chi connectivity index (χ2v) is 5.95. The fraction of sp³-hybridized carbons (Fsp3) is 0.929. The Balaban J connectivity index is 4.05. The maximum Gasteiger partial charge on any atom is 0.223 e. The number of amides is 1. The molecule has 1 amide bonds. The molecule has 0 heterocycles. The Bertz CT molecular complexity index is 216. The lowest BCUT2D eigenvalue weighted by molar-refractivity contribution is -0.125. The van der Waals surface area contributed by atoms with Crippen molar-refractivity contribution in [1.29, 1.82) is 0 Å². The Hall–Kier alpha value is -0.240. The van der Waals surface area contributed by atoms with Crippen molar-refractivity contribution >= 4 is 17.5 Å². The van der Waals surface area contributed by atoms with E-state index in [4.69, 9.17) is 11.6 Å². The van der Waals surface area contributed by atoms with Crippen molar-refractivity contribution in [3.63, 3.8) is 0 Å². The monoisotopic (exact) mass is 261 g/mol. The minimum absolute atomic E-state index is 0.0977. The molecule has 17 heavy (non-hydrogen) atoms. The van der Waals surface area contributed by atoms with Crippen LogP contribution in [-0.4, -0.2) is 18.3 Å². The normalized spacial score (nSPS) is 13.5. The SMILES string of the molecule is CCCCC(CC)C(=O)NCC(C)(C)CCCl. The summed E-state index contributed by atoms with van der Waals surface area (Å²) < 4.78 is 0. The Morgan fingerprint density at radius 1 is 1.35 bits per heavy atom. The molecule has 0 saturated carbocycles. The number of halogens is 1. The number of nitrogens with one attached hydrogen (secondary N) is 1. The molecule has 0 aromatic heterocycles. The third kappa shape index (κ3) is 7.64. The molecule has 0 aromatic carbocycles. The summed E-state index contributed by atoms with van der Waals surface area (Å²) in [5, 5.41) is 3.07. The molecule has 2 nitrogen and oxygen atoms in total. The fourth-order valence-electron chi connectivity index (χ4n) is 1.79. The third-order valence-electron chi connectivity index (χ3n) is 3.28. The van der Waals surface area contributed by atoms with Gasteiger partial charge in [0.15, 0.2) is 0 Å². The molecule has 1 N–H and O–H groups in total. The van der Waals surface area contributed by atoms with Gasteiger partial charge in [-0.1, -0.05) is 40.5 Å². The average Bonchev–Trinajstić information content (AvgIpc) is 2.27. The van der Waals surface area contributed by atoms with Crippen LogP contribution in [0.5, 0.6) is 0 Å². The van der Waals surface area contributed by atoms with Crippen LogP contribution in [0, 0.1) is 11.3 Å². The average molecular weight is 262 g/mol. The van der Waals surface area contributed by atoms with Crippen molar-refractivity contribution in [1.82, 2.24) is 5.32 Å². The summed E-state index contributed by atoms with van der Waals surface area (Å²) in [5.41, 5.74) is 0.0977. The first kappa shape index (κ1) is 16.8. The zero-order valence-electron chi connectivity index (χ0n) is 11.8. The lowest BCUT2D eigenvalue weighted by atomic mass is 9.89. The quantitative estimate of drug-likeness (QED) is 0.625. The molecule has 102 valence electrons. The van der Waals surface area contributed by atoms with E-state index in [-0.39, 0.29) is 17.2 Å². The predicted octanol–water partition coefficient (Wildman–Crippen LogP) is 3.97. The highest BCUT2D eigenvalue weighted by Gasteiger charge is 2.21. The van der Waals surface area contributed by atoms with Crippen LogP contribution in [0.4, 0.5) is 0 Å². The number of hydrogen-bond donors (Lipinski definition) is 1. The first-order valence-electron chi connectivity index (χ1n) is 6.80. The van der Waals surface area contributed by atoms with E-state index in [1.807, 2.05) is 0 Å². The number of carbonyl (C=O) groups is 1. The van der Waals surface area contributed by atoms with Crippen LogP contribution >= 0.6 is 11.6 Å². The lowest BCUT2D eigenvalue weighted by Gasteiger charge is -2.25.